The van der Waals surface area contributed by atoms with E-state index in [1.54, 1.807) is 53.4 Å². The quantitative estimate of drug-likeness (QED) is 0.830. The first-order valence-corrected chi connectivity index (χ1v) is 10.1. The molecule has 3 rings (SSSR count). The molecule has 0 aromatic heterocycles. The normalized spacial score (nSPS) is 15.7. The molecule has 7 heteroatoms. The van der Waals surface area contributed by atoms with Crippen LogP contribution < -0.4 is 9.62 Å². The number of hydrogen-bond donors (Lipinski definition) is 2. The van der Waals surface area contributed by atoms with Gasteiger partial charge in [-0.2, -0.15) is 0 Å². The molecule has 0 radical (unpaired) electrons. The fraction of sp³-hybridized carbons (Fsp3) is 0.316. The molecule has 1 fully saturated rings. The molecule has 1 aliphatic rings. The summed E-state index contributed by atoms with van der Waals surface area (Å²) in [4.78, 5) is 16.2. The summed E-state index contributed by atoms with van der Waals surface area (Å²) >= 11 is 0. The largest absolute Gasteiger partial charge is 0.334 e. The van der Waals surface area contributed by atoms with Crippen molar-refractivity contribution in [2.24, 2.45) is 0 Å². The Hall–Kier alpha value is -2.38. The van der Waals surface area contributed by atoms with Crippen LogP contribution in [0.25, 0.3) is 0 Å². The minimum Gasteiger partial charge on any atom is -0.334 e. The van der Waals surface area contributed by atoms with Gasteiger partial charge in [-0.05, 0) is 31.2 Å². The highest BCUT2D eigenvalue weighted by atomic mass is 32.2. The third-order valence-corrected chi connectivity index (χ3v) is 6.02. The number of quaternary nitrogens is 1. The summed E-state index contributed by atoms with van der Waals surface area (Å²) in [6.45, 7) is 5.02. The van der Waals surface area contributed by atoms with Gasteiger partial charge in [0.1, 0.15) is 0 Å². The van der Waals surface area contributed by atoms with E-state index in [0.29, 0.717) is 24.3 Å². The van der Waals surface area contributed by atoms with Crippen molar-refractivity contribution in [3.8, 4) is 0 Å². The summed E-state index contributed by atoms with van der Waals surface area (Å²) < 4.78 is 27.9. The van der Waals surface area contributed by atoms with Crippen molar-refractivity contribution in [2.45, 2.75) is 11.8 Å². The number of nitrogens with one attached hydrogen (secondary N) is 2. The number of para-hydroxylation sites is 1. The topological polar surface area (TPSA) is 70.9 Å². The lowest BCUT2D eigenvalue weighted by molar-refractivity contribution is -0.883. The molecule has 6 nitrogen and oxygen atoms in total. The predicted octanol–water partition coefficient (Wildman–Crippen LogP) is 0.766. The standard InChI is InChI=1S/C19H23N3O3S/c1-15-7-9-16(10-8-15)26(24,25)20-18-6-4-3-5-17(18)19(23)22-13-11-21(2)12-14-22/h3-10,20H,11-14H2,1-2H3/p+1. The van der Waals surface area contributed by atoms with Gasteiger partial charge in [0.05, 0.1) is 49.4 Å². The highest BCUT2D eigenvalue weighted by Crippen LogP contribution is 2.22. The van der Waals surface area contributed by atoms with Gasteiger partial charge in [-0.3, -0.25) is 9.52 Å². The summed E-state index contributed by atoms with van der Waals surface area (Å²) in [5.41, 5.74) is 1.67. The van der Waals surface area contributed by atoms with E-state index in [4.69, 9.17) is 0 Å². The van der Waals surface area contributed by atoms with Crippen LogP contribution >= 0.6 is 0 Å². The van der Waals surface area contributed by atoms with Crippen molar-refractivity contribution in [1.29, 1.82) is 0 Å². The molecule has 2 aromatic carbocycles. The second-order valence-corrected chi connectivity index (χ2v) is 8.40. The molecule has 0 spiro atoms. The molecule has 0 aliphatic carbocycles. The number of benzene rings is 2. The fourth-order valence-electron chi connectivity index (χ4n) is 2.94. The summed E-state index contributed by atoms with van der Waals surface area (Å²) in [5, 5.41) is 0. The maximum atomic E-state index is 12.9. The maximum absolute atomic E-state index is 12.9. The SMILES string of the molecule is Cc1ccc(S(=O)(=O)Nc2ccccc2C(=O)N2CC[NH+](C)CC2)cc1. The molecular weight excluding hydrogens is 350 g/mol. The van der Waals surface area contributed by atoms with E-state index in [0.717, 1.165) is 18.7 Å². The molecule has 1 amide bonds. The Labute approximate surface area is 154 Å². The van der Waals surface area contributed by atoms with Crippen LogP contribution in [-0.2, 0) is 10.0 Å². The van der Waals surface area contributed by atoms with Crippen molar-refractivity contribution in [1.82, 2.24) is 4.90 Å². The molecular formula is C19H24N3O3S+. The van der Waals surface area contributed by atoms with Crippen LogP contribution in [0.15, 0.2) is 53.4 Å². The first-order valence-electron chi connectivity index (χ1n) is 8.66. The van der Waals surface area contributed by atoms with Crippen LogP contribution in [0.1, 0.15) is 15.9 Å². The number of likely N-dealkylation sites (N-methyl/N-ethyl adjacent to an activating group) is 1. The van der Waals surface area contributed by atoms with Gasteiger partial charge in [0.2, 0.25) is 0 Å². The molecule has 0 unspecified atom stereocenters. The summed E-state index contributed by atoms with van der Waals surface area (Å²) in [6, 6.07) is 13.4. The zero-order valence-electron chi connectivity index (χ0n) is 15.0. The number of aryl methyl sites for hydroxylation is 1. The summed E-state index contributed by atoms with van der Waals surface area (Å²) in [7, 11) is -1.65. The zero-order valence-corrected chi connectivity index (χ0v) is 15.8. The highest BCUT2D eigenvalue weighted by Gasteiger charge is 2.25. The van der Waals surface area contributed by atoms with Crippen LogP contribution in [0.4, 0.5) is 5.69 Å². The van der Waals surface area contributed by atoms with Crippen molar-refractivity contribution in [2.75, 3.05) is 37.9 Å². The maximum Gasteiger partial charge on any atom is 0.261 e. The number of carbonyl (C=O) groups excluding carboxylic acids is 1. The number of amides is 1. The Morgan fingerprint density at radius 2 is 1.65 bits per heavy atom. The number of nitrogens with zero attached hydrogens (tertiary/aromatic N) is 1. The Morgan fingerprint density at radius 1 is 1.04 bits per heavy atom. The van der Waals surface area contributed by atoms with Crippen LogP contribution in [0.2, 0.25) is 0 Å². The zero-order chi connectivity index (χ0) is 18.7. The van der Waals surface area contributed by atoms with Gasteiger partial charge in [0.15, 0.2) is 0 Å². The van der Waals surface area contributed by atoms with Gasteiger partial charge in [-0.15, -0.1) is 0 Å². The van der Waals surface area contributed by atoms with Crippen LogP contribution in [0.3, 0.4) is 0 Å². The Balaban J connectivity index is 1.85. The average molecular weight is 374 g/mol. The van der Waals surface area contributed by atoms with Gasteiger partial charge in [-0.25, -0.2) is 8.42 Å². The second kappa shape index (κ2) is 7.47. The highest BCUT2D eigenvalue weighted by molar-refractivity contribution is 7.92. The third kappa shape index (κ3) is 4.05. The van der Waals surface area contributed by atoms with E-state index in [1.165, 1.54) is 4.90 Å². The molecule has 0 bridgehead atoms. The van der Waals surface area contributed by atoms with Crippen LogP contribution in [0.5, 0.6) is 0 Å². The fourth-order valence-corrected chi connectivity index (χ4v) is 4.02. The van der Waals surface area contributed by atoms with Gasteiger partial charge >= 0.3 is 0 Å². The van der Waals surface area contributed by atoms with Crippen molar-refractivity contribution >= 4 is 21.6 Å². The number of carbonyl (C=O) groups is 1. The lowest BCUT2D eigenvalue weighted by Crippen LogP contribution is -3.12. The molecule has 2 N–H and O–H groups in total. The molecule has 1 heterocycles. The molecule has 2 aromatic rings. The monoisotopic (exact) mass is 374 g/mol. The number of sulfonamides is 1. The predicted molar refractivity (Wildman–Crippen MR) is 101 cm³/mol. The third-order valence-electron chi connectivity index (χ3n) is 4.64. The Bertz CT molecular complexity index is 887. The molecule has 1 aliphatic heterocycles. The van der Waals surface area contributed by atoms with Crippen LogP contribution in [-0.4, -0.2) is 52.5 Å². The lowest BCUT2D eigenvalue weighted by atomic mass is 10.1. The summed E-state index contributed by atoms with van der Waals surface area (Å²) in [6.07, 6.45) is 0. The van der Waals surface area contributed by atoms with E-state index < -0.39 is 10.0 Å². The first kappa shape index (κ1) is 18.4. The van der Waals surface area contributed by atoms with E-state index in [1.807, 2.05) is 6.92 Å². The number of rotatable bonds is 4. The minimum atomic E-state index is -3.75. The Kier molecular flexibility index (Phi) is 5.29. The Morgan fingerprint density at radius 3 is 2.31 bits per heavy atom. The number of hydrogen-bond acceptors (Lipinski definition) is 3. The van der Waals surface area contributed by atoms with Crippen molar-refractivity contribution < 1.29 is 18.1 Å². The minimum absolute atomic E-state index is 0.139. The van der Waals surface area contributed by atoms with Crippen molar-refractivity contribution in [3.63, 3.8) is 0 Å². The molecule has 0 saturated carbocycles. The number of anilines is 1. The lowest BCUT2D eigenvalue weighted by Gasteiger charge is -2.30. The van der Waals surface area contributed by atoms with Gasteiger partial charge in [-0.1, -0.05) is 29.8 Å². The number of piperazine rings is 1. The summed E-state index contributed by atoms with van der Waals surface area (Å²) in [5.74, 6) is -0.139. The molecule has 138 valence electrons. The van der Waals surface area contributed by atoms with E-state index in [9.17, 15) is 13.2 Å². The second-order valence-electron chi connectivity index (χ2n) is 6.71. The molecule has 1 saturated heterocycles. The first-order chi connectivity index (χ1) is 12.4. The van der Waals surface area contributed by atoms with E-state index >= 15 is 0 Å². The van der Waals surface area contributed by atoms with Crippen LogP contribution in [0, 0.1) is 6.92 Å². The van der Waals surface area contributed by atoms with E-state index in [-0.39, 0.29) is 10.8 Å². The molecule has 0 atom stereocenters. The average Bonchev–Trinajstić information content (AvgIpc) is 2.62. The van der Waals surface area contributed by atoms with E-state index in [2.05, 4.69) is 11.8 Å². The van der Waals surface area contributed by atoms with Crippen molar-refractivity contribution in [3.05, 3.63) is 59.7 Å². The smallest absolute Gasteiger partial charge is 0.261 e. The van der Waals surface area contributed by atoms with Gasteiger partial charge in [0, 0.05) is 0 Å². The van der Waals surface area contributed by atoms with Gasteiger partial charge < -0.3 is 9.80 Å². The van der Waals surface area contributed by atoms with Gasteiger partial charge in [0.25, 0.3) is 15.9 Å². The molecule has 26 heavy (non-hydrogen) atoms.